The fourth-order valence-corrected chi connectivity index (χ4v) is 2.16. The number of hydrogen-bond acceptors (Lipinski definition) is 4. The lowest BCUT2D eigenvalue weighted by atomic mass is 10.1. The van der Waals surface area contributed by atoms with Gasteiger partial charge in [0.05, 0.1) is 6.04 Å². The number of piperazine rings is 1. The second-order valence-corrected chi connectivity index (χ2v) is 5.18. The Morgan fingerprint density at radius 3 is 2.61 bits per heavy atom. The molecule has 5 heteroatoms. The molecule has 1 rings (SSSR count). The lowest BCUT2D eigenvalue weighted by molar-refractivity contribution is -0.122. The van der Waals surface area contributed by atoms with Crippen molar-refractivity contribution in [2.45, 2.75) is 32.2 Å². The van der Waals surface area contributed by atoms with Crippen LogP contribution in [-0.2, 0) is 4.79 Å². The molecule has 0 aromatic rings. The maximum absolute atomic E-state index is 11.6. The quantitative estimate of drug-likeness (QED) is 0.623. The predicted octanol–water partition coefficient (Wildman–Crippen LogP) is -0.132. The number of likely N-dealkylation sites (N-methyl/N-ethyl adjacent to an activating group) is 1. The van der Waals surface area contributed by atoms with Crippen LogP contribution in [0.15, 0.2) is 0 Å². The maximum atomic E-state index is 11.6. The topological polar surface area (TPSA) is 61.6 Å². The van der Waals surface area contributed by atoms with E-state index in [1.54, 1.807) is 0 Å². The van der Waals surface area contributed by atoms with Crippen LogP contribution in [0.25, 0.3) is 0 Å². The number of nitrogens with zero attached hydrogens (tertiary/aromatic N) is 2. The van der Waals surface area contributed by atoms with Crippen molar-refractivity contribution in [2.75, 3.05) is 46.3 Å². The smallest absolute Gasteiger partial charge is 0.236 e. The van der Waals surface area contributed by atoms with Gasteiger partial charge in [0.1, 0.15) is 0 Å². The van der Waals surface area contributed by atoms with Crippen LogP contribution in [0.1, 0.15) is 26.2 Å². The minimum Gasteiger partial charge on any atom is -0.355 e. The van der Waals surface area contributed by atoms with E-state index < -0.39 is 0 Å². The Kier molecular flexibility index (Phi) is 7.23. The van der Waals surface area contributed by atoms with Gasteiger partial charge < -0.3 is 20.9 Å². The first-order valence-corrected chi connectivity index (χ1v) is 7.07. The van der Waals surface area contributed by atoms with Gasteiger partial charge in [-0.15, -0.1) is 0 Å². The molecule has 0 radical (unpaired) electrons. The number of nitrogens with two attached hydrogens (primary N) is 1. The minimum absolute atomic E-state index is 0.00442. The molecule has 0 bridgehead atoms. The summed E-state index contributed by atoms with van der Waals surface area (Å²) in [4.78, 5) is 16.4. The number of amides is 1. The Bertz CT molecular complexity index is 239. The SMILES string of the molecule is CCC[C@@H](N)C(=O)NCCCN1CCN(C)CC1. The van der Waals surface area contributed by atoms with E-state index in [-0.39, 0.29) is 11.9 Å². The molecular formula is C13H28N4O. The first-order chi connectivity index (χ1) is 8.63. The molecule has 0 unspecified atom stereocenters. The molecule has 1 atom stereocenters. The van der Waals surface area contributed by atoms with Crippen LogP contribution in [0.2, 0.25) is 0 Å². The molecule has 0 aromatic heterocycles. The van der Waals surface area contributed by atoms with E-state index in [0.29, 0.717) is 0 Å². The molecule has 1 aliphatic heterocycles. The van der Waals surface area contributed by atoms with Crippen molar-refractivity contribution < 1.29 is 4.79 Å². The average Bonchev–Trinajstić information content (AvgIpc) is 2.36. The number of carbonyl (C=O) groups is 1. The van der Waals surface area contributed by atoms with Gasteiger partial charge in [-0.25, -0.2) is 0 Å². The van der Waals surface area contributed by atoms with Crippen LogP contribution in [0, 0.1) is 0 Å². The van der Waals surface area contributed by atoms with Crippen LogP contribution in [0.5, 0.6) is 0 Å². The van der Waals surface area contributed by atoms with Gasteiger partial charge in [0.25, 0.3) is 0 Å². The highest BCUT2D eigenvalue weighted by Gasteiger charge is 2.14. The molecule has 1 saturated heterocycles. The van der Waals surface area contributed by atoms with Crippen molar-refractivity contribution in [1.82, 2.24) is 15.1 Å². The fourth-order valence-electron chi connectivity index (χ4n) is 2.16. The summed E-state index contributed by atoms with van der Waals surface area (Å²) >= 11 is 0. The molecule has 0 saturated carbocycles. The first-order valence-electron chi connectivity index (χ1n) is 7.07. The normalized spacial score (nSPS) is 19.7. The highest BCUT2D eigenvalue weighted by Crippen LogP contribution is 1.99. The van der Waals surface area contributed by atoms with Gasteiger partial charge in [-0.1, -0.05) is 13.3 Å². The van der Waals surface area contributed by atoms with E-state index in [4.69, 9.17) is 5.73 Å². The monoisotopic (exact) mass is 256 g/mol. The molecule has 1 aliphatic rings. The highest BCUT2D eigenvalue weighted by molar-refractivity contribution is 5.81. The van der Waals surface area contributed by atoms with Gasteiger partial charge in [-0.2, -0.15) is 0 Å². The van der Waals surface area contributed by atoms with Crippen LogP contribution in [0.4, 0.5) is 0 Å². The molecule has 3 N–H and O–H groups in total. The Labute approximate surface area is 111 Å². The summed E-state index contributed by atoms with van der Waals surface area (Å²) in [6.45, 7) is 8.42. The Hall–Kier alpha value is -0.650. The molecule has 0 aliphatic carbocycles. The Balaban J connectivity index is 2.02. The predicted molar refractivity (Wildman–Crippen MR) is 74.4 cm³/mol. The van der Waals surface area contributed by atoms with Gasteiger partial charge in [0.2, 0.25) is 5.91 Å². The zero-order valence-electron chi connectivity index (χ0n) is 11.8. The molecule has 106 valence electrons. The van der Waals surface area contributed by atoms with Crippen molar-refractivity contribution in [2.24, 2.45) is 5.73 Å². The van der Waals surface area contributed by atoms with E-state index in [1.165, 1.54) is 0 Å². The number of hydrogen-bond donors (Lipinski definition) is 2. The summed E-state index contributed by atoms with van der Waals surface area (Å²) in [6, 6.07) is -0.335. The summed E-state index contributed by atoms with van der Waals surface area (Å²) in [5.74, 6) is -0.00442. The van der Waals surface area contributed by atoms with Crippen molar-refractivity contribution in [3.8, 4) is 0 Å². The Morgan fingerprint density at radius 2 is 2.00 bits per heavy atom. The van der Waals surface area contributed by atoms with E-state index in [2.05, 4.69) is 22.2 Å². The summed E-state index contributed by atoms with van der Waals surface area (Å²) in [5, 5.41) is 2.91. The van der Waals surface area contributed by atoms with Crippen LogP contribution < -0.4 is 11.1 Å². The third kappa shape index (κ3) is 5.80. The molecule has 5 nitrogen and oxygen atoms in total. The minimum atomic E-state index is -0.335. The maximum Gasteiger partial charge on any atom is 0.236 e. The van der Waals surface area contributed by atoms with Crippen molar-refractivity contribution in [3.63, 3.8) is 0 Å². The van der Waals surface area contributed by atoms with Crippen molar-refractivity contribution >= 4 is 5.91 Å². The largest absolute Gasteiger partial charge is 0.355 e. The number of nitrogens with one attached hydrogen (secondary N) is 1. The zero-order valence-corrected chi connectivity index (χ0v) is 11.8. The van der Waals surface area contributed by atoms with Gasteiger partial charge in [-0.3, -0.25) is 4.79 Å². The molecule has 18 heavy (non-hydrogen) atoms. The third-order valence-corrected chi connectivity index (χ3v) is 3.48. The zero-order chi connectivity index (χ0) is 13.4. The highest BCUT2D eigenvalue weighted by atomic mass is 16.2. The van der Waals surface area contributed by atoms with E-state index in [0.717, 1.165) is 58.5 Å². The first kappa shape index (κ1) is 15.4. The number of rotatable bonds is 7. The van der Waals surface area contributed by atoms with Gasteiger partial charge in [0.15, 0.2) is 0 Å². The lowest BCUT2D eigenvalue weighted by Gasteiger charge is -2.32. The van der Waals surface area contributed by atoms with Crippen LogP contribution in [-0.4, -0.2) is 68.1 Å². The lowest BCUT2D eigenvalue weighted by Crippen LogP contribution is -2.45. The molecule has 0 spiro atoms. The standard InChI is InChI=1S/C13H28N4O/c1-3-5-12(14)13(18)15-6-4-7-17-10-8-16(2)9-11-17/h12H,3-11,14H2,1-2H3,(H,15,18)/t12-/m1/s1. The fraction of sp³-hybridized carbons (Fsp3) is 0.923. The molecule has 1 amide bonds. The van der Waals surface area contributed by atoms with E-state index >= 15 is 0 Å². The van der Waals surface area contributed by atoms with Crippen molar-refractivity contribution in [3.05, 3.63) is 0 Å². The third-order valence-electron chi connectivity index (χ3n) is 3.48. The van der Waals surface area contributed by atoms with Crippen LogP contribution >= 0.6 is 0 Å². The molecule has 1 heterocycles. The molecule has 0 aromatic carbocycles. The number of carbonyl (C=O) groups excluding carboxylic acids is 1. The summed E-state index contributed by atoms with van der Waals surface area (Å²) in [5.41, 5.74) is 5.74. The van der Waals surface area contributed by atoms with Crippen LogP contribution in [0.3, 0.4) is 0 Å². The molecule has 1 fully saturated rings. The summed E-state index contributed by atoms with van der Waals surface area (Å²) in [7, 11) is 2.16. The van der Waals surface area contributed by atoms with E-state index in [1.807, 2.05) is 6.92 Å². The van der Waals surface area contributed by atoms with Gasteiger partial charge in [-0.05, 0) is 26.4 Å². The van der Waals surface area contributed by atoms with E-state index in [9.17, 15) is 4.79 Å². The molecular weight excluding hydrogens is 228 g/mol. The summed E-state index contributed by atoms with van der Waals surface area (Å²) in [6.07, 6.45) is 2.73. The van der Waals surface area contributed by atoms with Crippen molar-refractivity contribution in [1.29, 1.82) is 0 Å². The van der Waals surface area contributed by atoms with Gasteiger partial charge in [0, 0.05) is 32.7 Å². The second kappa shape index (κ2) is 8.45. The second-order valence-electron chi connectivity index (χ2n) is 5.18. The Morgan fingerprint density at radius 1 is 1.33 bits per heavy atom. The van der Waals surface area contributed by atoms with Gasteiger partial charge >= 0.3 is 0 Å². The average molecular weight is 256 g/mol. The summed E-state index contributed by atoms with van der Waals surface area (Å²) < 4.78 is 0.